The fourth-order valence-electron chi connectivity index (χ4n) is 3.78. The fraction of sp³-hybridized carbons (Fsp3) is 0.259. The number of fused-ring (bicyclic) bond motifs is 1. The summed E-state index contributed by atoms with van der Waals surface area (Å²) < 4.78 is 24.1. The van der Waals surface area contributed by atoms with Crippen molar-refractivity contribution in [2.45, 2.75) is 44.1 Å². The van der Waals surface area contributed by atoms with Crippen LogP contribution in [-0.2, 0) is 28.4 Å². The number of sulfone groups is 1. The molecule has 1 aliphatic rings. The first-order valence-electron chi connectivity index (χ1n) is 10.9. The van der Waals surface area contributed by atoms with Gasteiger partial charge in [0.05, 0.1) is 27.3 Å². The summed E-state index contributed by atoms with van der Waals surface area (Å²) in [5, 5.41) is 0. The van der Waals surface area contributed by atoms with E-state index in [9.17, 15) is 18.0 Å². The van der Waals surface area contributed by atoms with Gasteiger partial charge in [0.15, 0.2) is 9.84 Å². The first-order chi connectivity index (χ1) is 15.6. The second-order valence-electron chi connectivity index (χ2n) is 9.35. The van der Waals surface area contributed by atoms with Gasteiger partial charge in [0.25, 0.3) is 11.8 Å². The van der Waals surface area contributed by atoms with E-state index in [4.69, 9.17) is 0 Å². The number of anilines is 1. The minimum absolute atomic E-state index is 0.0235. The molecule has 3 aromatic rings. The van der Waals surface area contributed by atoms with Crippen molar-refractivity contribution < 1.29 is 18.0 Å². The number of nitrogens with zero attached hydrogens (tertiary/aromatic N) is 1. The highest BCUT2D eigenvalue weighted by Gasteiger charge is 2.36. The van der Waals surface area contributed by atoms with E-state index in [0.717, 1.165) is 23.1 Å². The topological polar surface area (TPSA) is 71.5 Å². The summed E-state index contributed by atoms with van der Waals surface area (Å²) in [7, 11) is -3.22. The van der Waals surface area contributed by atoms with Gasteiger partial charge in [0.2, 0.25) is 0 Å². The Balaban J connectivity index is 1.45. The third-order valence-corrected chi connectivity index (χ3v) is 8.56. The Bertz CT molecular complexity index is 1300. The van der Waals surface area contributed by atoms with E-state index in [1.165, 1.54) is 4.90 Å². The van der Waals surface area contributed by atoms with Crippen molar-refractivity contribution in [1.29, 1.82) is 0 Å². The van der Waals surface area contributed by atoms with E-state index < -0.39 is 14.6 Å². The normalized spacial score (nSPS) is 14.0. The van der Waals surface area contributed by atoms with E-state index in [1.807, 2.05) is 42.5 Å². The smallest absolute Gasteiger partial charge is 0.266 e. The maximum atomic E-state index is 12.9. The van der Waals surface area contributed by atoms with E-state index in [2.05, 4.69) is 0 Å². The van der Waals surface area contributed by atoms with Gasteiger partial charge >= 0.3 is 0 Å². The molecule has 4 rings (SSSR count). The zero-order chi connectivity index (χ0) is 23.8. The zero-order valence-electron chi connectivity index (χ0n) is 19.0. The number of amides is 2. The predicted octanol–water partition coefficient (Wildman–Crippen LogP) is 4.99. The van der Waals surface area contributed by atoms with Crippen molar-refractivity contribution in [3.63, 3.8) is 0 Å². The third kappa shape index (κ3) is 4.62. The van der Waals surface area contributed by atoms with Crippen LogP contribution in [0, 0.1) is 0 Å². The van der Waals surface area contributed by atoms with Crippen LogP contribution in [0.25, 0.3) is 0 Å². The average Bonchev–Trinajstić information content (AvgIpc) is 3.02. The molecule has 1 heterocycles. The summed E-state index contributed by atoms with van der Waals surface area (Å²) in [5.41, 5.74) is 4.26. The van der Waals surface area contributed by atoms with Crippen LogP contribution in [0.15, 0.2) is 72.8 Å². The average molecular weight is 462 g/mol. The molecule has 0 unspecified atom stereocenters. The molecule has 0 radical (unpaired) electrons. The highest BCUT2D eigenvalue weighted by Crippen LogP contribution is 2.29. The van der Waals surface area contributed by atoms with Crippen LogP contribution >= 0.6 is 0 Å². The van der Waals surface area contributed by atoms with Gasteiger partial charge in [-0.2, -0.15) is 0 Å². The van der Waals surface area contributed by atoms with Crippen molar-refractivity contribution in [2.24, 2.45) is 0 Å². The van der Waals surface area contributed by atoms with Crippen LogP contribution in [0.1, 0.15) is 58.2 Å². The molecule has 0 atom stereocenters. The number of carbonyl (C=O) groups excluding carboxylic acids is 2. The molecule has 0 N–H and O–H groups in total. The maximum absolute atomic E-state index is 12.9. The van der Waals surface area contributed by atoms with Crippen molar-refractivity contribution >= 4 is 27.3 Å². The largest absolute Gasteiger partial charge is 0.268 e. The molecular weight excluding hydrogens is 434 g/mol. The van der Waals surface area contributed by atoms with Crippen LogP contribution in [0.3, 0.4) is 0 Å². The molecule has 0 saturated heterocycles. The molecule has 33 heavy (non-hydrogen) atoms. The number of rotatable bonds is 6. The van der Waals surface area contributed by atoms with Crippen LogP contribution in [0.4, 0.5) is 5.69 Å². The van der Waals surface area contributed by atoms with Gasteiger partial charge in [0.1, 0.15) is 0 Å². The lowest BCUT2D eigenvalue weighted by Gasteiger charge is -2.19. The number of hydrogen-bond acceptors (Lipinski definition) is 4. The Labute approximate surface area is 195 Å². The number of para-hydroxylation sites is 1. The quantitative estimate of drug-likeness (QED) is 0.485. The SMILES string of the molecule is CC(C)(C)S(=O)(=O)Cc1ccc(CCc2ccc3c(c2)C(=O)N(c2ccccc2)C3=O)cc1. The molecule has 6 heteroatoms. The molecule has 2 amide bonds. The van der Waals surface area contributed by atoms with Gasteiger partial charge in [-0.3, -0.25) is 9.59 Å². The number of carbonyl (C=O) groups is 2. The van der Waals surface area contributed by atoms with Crippen LogP contribution in [0.5, 0.6) is 0 Å². The first-order valence-corrected chi connectivity index (χ1v) is 12.6. The molecule has 0 aromatic heterocycles. The predicted molar refractivity (Wildman–Crippen MR) is 130 cm³/mol. The summed E-state index contributed by atoms with van der Waals surface area (Å²) in [6, 6.07) is 22.0. The van der Waals surface area contributed by atoms with Gasteiger partial charge in [-0.05, 0) is 74.6 Å². The lowest BCUT2D eigenvalue weighted by atomic mass is 10.00. The highest BCUT2D eigenvalue weighted by atomic mass is 32.2. The molecule has 5 nitrogen and oxygen atoms in total. The van der Waals surface area contributed by atoms with Gasteiger partial charge < -0.3 is 0 Å². The lowest BCUT2D eigenvalue weighted by Crippen LogP contribution is -2.29. The van der Waals surface area contributed by atoms with Gasteiger partial charge in [-0.15, -0.1) is 0 Å². The molecule has 0 aliphatic carbocycles. The molecule has 1 aliphatic heterocycles. The monoisotopic (exact) mass is 461 g/mol. The van der Waals surface area contributed by atoms with Crippen LogP contribution in [0.2, 0.25) is 0 Å². The van der Waals surface area contributed by atoms with E-state index in [0.29, 0.717) is 23.2 Å². The summed E-state index contributed by atoms with van der Waals surface area (Å²) >= 11 is 0. The van der Waals surface area contributed by atoms with Gasteiger partial charge in [0, 0.05) is 0 Å². The van der Waals surface area contributed by atoms with Crippen LogP contribution < -0.4 is 4.90 Å². The standard InChI is InChI=1S/C27H27NO4S/c1-27(2,3)33(31,32)18-21-13-10-19(11-14-21)9-12-20-15-16-23-24(17-20)26(30)28(25(23)29)22-7-5-4-6-8-22/h4-8,10-11,13-17H,9,12,18H2,1-3H3. The van der Waals surface area contributed by atoms with Gasteiger partial charge in [-0.1, -0.05) is 48.5 Å². The van der Waals surface area contributed by atoms with Crippen LogP contribution in [-0.4, -0.2) is 25.0 Å². The Hall–Kier alpha value is -3.25. The minimum Gasteiger partial charge on any atom is -0.268 e. The van der Waals surface area contributed by atoms with Crippen molar-refractivity contribution in [3.05, 3.63) is 101 Å². The fourth-order valence-corrected chi connectivity index (χ4v) is 4.85. The van der Waals surface area contributed by atoms with E-state index in [1.54, 1.807) is 51.1 Å². The molecule has 0 spiro atoms. The molecule has 170 valence electrons. The molecule has 3 aromatic carbocycles. The summed E-state index contributed by atoms with van der Waals surface area (Å²) in [6.45, 7) is 5.14. The maximum Gasteiger partial charge on any atom is 0.266 e. The number of aryl methyl sites for hydroxylation is 2. The van der Waals surface area contributed by atoms with E-state index >= 15 is 0 Å². The Morgan fingerprint density at radius 2 is 1.24 bits per heavy atom. The first kappa shape index (κ1) is 22.9. The van der Waals surface area contributed by atoms with Crippen molar-refractivity contribution in [1.82, 2.24) is 0 Å². The second-order valence-corrected chi connectivity index (χ2v) is 12.1. The summed E-state index contributed by atoms with van der Waals surface area (Å²) in [5.74, 6) is -0.573. The summed E-state index contributed by atoms with van der Waals surface area (Å²) in [4.78, 5) is 26.9. The lowest BCUT2D eigenvalue weighted by molar-refractivity contribution is 0.0926. The number of imide groups is 1. The minimum atomic E-state index is -3.22. The Morgan fingerprint density at radius 3 is 1.88 bits per heavy atom. The molecule has 0 fully saturated rings. The Kier molecular flexibility index (Phi) is 5.97. The van der Waals surface area contributed by atoms with E-state index in [-0.39, 0.29) is 17.6 Å². The highest BCUT2D eigenvalue weighted by molar-refractivity contribution is 7.91. The van der Waals surface area contributed by atoms with Crippen molar-refractivity contribution in [3.8, 4) is 0 Å². The third-order valence-electron chi connectivity index (χ3n) is 5.98. The Morgan fingerprint density at radius 1 is 0.697 bits per heavy atom. The molecule has 0 saturated carbocycles. The molecule has 0 bridgehead atoms. The van der Waals surface area contributed by atoms with Gasteiger partial charge in [-0.25, -0.2) is 13.3 Å². The molecular formula is C27H27NO4S. The number of benzene rings is 3. The zero-order valence-corrected chi connectivity index (χ0v) is 19.9. The summed E-state index contributed by atoms with van der Waals surface area (Å²) in [6.07, 6.45) is 1.45. The van der Waals surface area contributed by atoms with Crippen molar-refractivity contribution in [2.75, 3.05) is 4.90 Å². The second kappa shape index (κ2) is 8.60. The number of hydrogen-bond donors (Lipinski definition) is 0.